The van der Waals surface area contributed by atoms with Crippen LogP contribution in [0.2, 0.25) is 0 Å². The van der Waals surface area contributed by atoms with Gasteiger partial charge in [-0.25, -0.2) is 4.52 Å². The quantitative estimate of drug-likeness (QED) is 0.938. The normalized spacial score (nSPS) is 21.6. The molecule has 0 amide bonds. The highest BCUT2D eigenvalue weighted by molar-refractivity contribution is 5.44. The fraction of sp³-hybridized carbons (Fsp3) is 0.625. The van der Waals surface area contributed by atoms with Crippen molar-refractivity contribution in [2.24, 2.45) is 0 Å². The number of fused-ring (bicyclic) bond motifs is 1. The molecule has 3 rings (SSSR count). The first-order valence-corrected chi connectivity index (χ1v) is 7.87. The number of anilines is 1. The van der Waals surface area contributed by atoms with Crippen molar-refractivity contribution < 1.29 is 4.74 Å². The zero-order chi connectivity index (χ0) is 14.9. The average Bonchev–Trinajstić information content (AvgIpc) is 2.88. The Bertz CT molecular complexity index is 618. The Morgan fingerprint density at radius 2 is 2.19 bits per heavy atom. The van der Waals surface area contributed by atoms with E-state index in [1.165, 1.54) is 5.56 Å². The molecule has 114 valence electrons. The van der Waals surface area contributed by atoms with E-state index in [2.05, 4.69) is 42.2 Å². The van der Waals surface area contributed by atoms with Crippen molar-refractivity contribution in [3.63, 3.8) is 0 Å². The Morgan fingerprint density at radius 3 is 2.95 bits per heavy atom. The molecule has 1 aliphatic heterocycles. The lowest BCUT2D eigenvalue weighted by Gasteiger charge is -2.40. The van der Waals surface area contributed by atoms with Gasteiger partial charge in [-0.15, -0.1) is 5.10 Å². The lowest BCUT2D eigenvalue weighted by Crippen LogP contribution is -2.43. The molecule has 1 saturated heterocycles. The van der Waals surface area contributed by atoms with E-state index in [9.17, 15) is 0 Å². The van der Waals surface area contributed by atoms with E-state index < -0.39 is 0 Å². The van der Waals surface area contributed by atoms with E-state index >= 15 is 0 Å². The van der Waals surface area contributed by atoms with Crippen molar-refractivity contribution in [1.82, 2.24) is 14.6 Å². The van der Waals surface area contributed by atoms with Crippen molar-refractivity contribution in [3.05, 3.63) is 23.9 Å². The minimum Gasteiger partial charge on any atom is -0.375 e. The molecule has 2 aromatic heterocycles. The first-order chi connectivity index (χ1) is 10.1. The van der Waals surface area contributed by atoms with Crippen LogP contribution in [-0.2, 0) is 4.74 Å². The number of aryl methyl sites for hydroxylation is 1. The highest BCUT2D eigenvalue weighted by atomic mass is 16.5. The second-order valence-electron chi connectivity index (χ2n) is 6.02. The summed E-state index contributed by atoms with van der Waals surface area (Å²) < 4.78 is 7.86. The number of nitrogens with one attached hydrogen (secondary N) is 1. The van der Waals surface area contributed by atoms with Crippen molar-refractivity contribution >= 4 is 11.6 Å². The number of hydrogen-bond acceptors (Lipinski definition) is 4. The predicted molar refractivity (Wildman–Crippen MR) is 83.6 cm³/mol. The first kappa shape index (κ1) is 14.3. The van der Waals surface area contributed by atoms with Crippen LogP contribution in [0.4, 0.5) is 5.95 Å². The van der Waals surface area contributed by atoms with Crippen molar-refractivity contribution in [2.45, 2.75) is 58.1 Å². The summed E-state index contributed by atoms with van der Waals surface area (Å²) in [5, 5.41) is 8.01. The Morgan fingerprint density at radius 1 is 1.38 bits per heavy atom. The van der Waals surface area contributed by atoms with Crippen molar-refractivity contribution in [1.29, 1.82) is 0 Å². The van der Waals surface area contributed by atoms with Gasteiger partial charge in [-0.05, 0) is 44.2 Å². The summed E-state index contributed by atoms with van der Waals surface area (Å²) in [5.74, 6) is 0.716. The van der Waals surface area contributed by atoms with E-state index in [-0.39, 0.29) is 5.60 Å². The molecular formula is C16H24N4O. The summed E-state index contributed by atoms with van der Waals surface area (Å²) >= 11 is 0. The summed E-state index contributed by atoms with van der Waals surface area (Å²) in [6.45, 7) is 7.28. The standard InChI is InChI=1S/C16H24N4O/c1-4-16(5-2)10-13(8-9-21-16)17-15-18-14-7-6-12(3)11-20(14)19-15/h6-7,11,13H,4-5,8-10H2,1-3H3,(H,17,19). The average molecular weight is 288 g/mol. The molecule has 0 spiro atoms. The smallest absolute Gasteiger partial charge is 0.243 e. The molecule has 5 nitrogen and oxygen atoms in total. The molecule has 0 bridgehead atoms. The molecule has 1 aliphatic rings. The number of pyridine rings is 1. The summed E-state index contributed by atoms with van der Waals surface area (Å²) in [6.07, 6.45) is 6.14. The molecule has 21 heavy (non-hydrogen) atoms. The highest BCUT2D eigenvalue weighted by Crippen LogP contribution is 2.32. The van der Waals surface area contributed by atoms with Gasteiger partial charge in [-0.3, -0.25) is 0 Å². The number of ether oxygens (including phenoxy) is 1. The van der Waals surface area contributed by atoms with Gasteiger partial charge in [0, 0.05) is 18.8 Å². The van der Waals surface area contributed by atoms with E-state index in [4.69, 9.17) is 4.74 Å². The van der Waals surface area contributed by atoms with Gasteiger partial charge in [-0.1, -0.05) is 19.9 Å². The van der Waals surface area contributed by atoms with E-state index in [0.29, 0.717) is 12.0 Å². The Labute approximate surface area is 125 Å². The third-order valence-electron chi connectivity index (χ3n) is 4.59. The van der Waals surface area contributed by atoms with Gasteiger partial charge in [0.2, 0.25) is 5.95 Å². The van der Waals surface area contributed by atoms with Gasteiger partial charge >= 0.3 is 0 Å². The number of nitrogens with zero attached hydrogens (tertiary/aromatic N) is 3. The van der Waals surface area contributed by atoms with E-state index in [1.54, 1.807) is 0 Å². The second-order valence-corrected chi connectivity index (χ2v) is 6.02. The monoisotopic (exact) mass is 288 g/mol. The highest BCUT2D eigenvalue weighted by Gasteiger charge is 2.34. The summed E-state index contributed by atoms with van der Waals surface area (Å²) in [7, 11) is 0. The van der Waals surface area contributed by atoms with Crippen LogP contribution in [0.25, 0.3) is 5.65 Å². The molecule has 1 unspecified atom stereocenters. The Kier molecular flexibility index (Phi) is 3.85. The Balaban J connectivity index is 1.75. The molecule has 1 N–H and O–H groups in total. The molecule has 0 aromatic carbocycles. The number of hydrogen-bond donors (Lipinski definition) is 1. The predicted octanol–water partition coefficient (Wildman–Crippen LogP) is 3.19. The van der Waals surface area contributed by atoms with Crippen molar-refractivity contribution in [2.75, 3.05) is 11.9 Å². The van der Waals surface area contributed by atoms with E-state index in [1.807, 2.05) is 16.8 Å². The molecule has 5 heteroatoms. The van der Waals surface area contributed by atoms with Crippen LogP contribution in [0.5, 0.6) is 0 Å². The lowest BCUT2D eigenvalue weighted by atomic mass is 9.86. The van der Waals surface area contributed by atoms with Gasteiger partial charge in [0.15, 0.2) is 5.65 Å². The van der Waals surface area contributed by atoms with Gasteiger partial charge in [0.05, 0.1) is 5.60 Å². The van der Waals surface area contributed by atoms with Crippen LogP contribution in [0.3, 0.4) is 0 Å². The summed E-state index contributed by atoms with van der Waals surface area (Å²) in [5.41, 5.74) is 2.08. The van der Waals surface area contributed by atoms with Gasteiger partial charge in [0.1, 0.15) is 0 Å². The zero-order valence-corrected chi connectivity index (χ0v) is 13.1. The third kappa shape index (κ3) is 2.88. The maximum absolute atomic E-state index is 6.02. The molecule has 2 aromatic rings. The molecule has 0 aliphatic carbocycles. The number of aromatic nitrogens is 3. The fourth-order valence-electron chi connectivity index (χ4n) is 3.12. The van der Waals surface area contributed by atoms with Crippen LogP contribution >= 0.6 is 0 Å². The van der Waals surface area contributed by atoms with Crippen LogP contribution in [0.15, 0.2) is 18.3 Å². The maximum atomic E-state index is 6.02. The zero-order valence-electron chi connectivity index (χ0n) is 13.1. The van der Waals surface area contributed by atoms with Crippen molar-refractivity contribution in [3.8, 4) is 0 Å². The second kappa shape index (κ2) is 5.64. The minimum atomic E-state index is 0.0195. The largest absolute Gasteiger partial charge is 0.375 e. The lowest BCUT2D eigenvalue weighted by molar-refractivity contribution is -0.0865. The van der Waals surface area contributed by atoms with E-state index in [0.717, 1.165) is 37.9 Å². The minimum absolute atomic E-state index is 0.0195. The van der Waals surface area contributed by atoms with Gasteiger partial charge < -0.3 is 10.1 Å². The van der Waals surface area contributed by atoms with Crippen LogP contribution in [0, 0.1) is 6.92 Å². The topological polar surface area (TPSA) is 51.5 Å². The van der Waals surface area contributed by atoms with Gasteiger partial charge in [0.25, 0.3) is 0 Å². The third-order valence-corrected chi connectivity index (χ3v) is 4.59. The summed E-state index contributed by atoms with van der Waals surface area (Å²) in [6, 6.07) is 4.44. The fourth-order valence-corrected chi connectivity index (χ4v) is 3.12. The van der Waals surface area contributed by atoms with Crippen LogP contribution in [0.1, 0.15) is 45.1 Å². The molecule has 3 heterocycles. The molecule has 0 radical (unpaired) electrons. The van der Waals surface area contributed by atoms with Crippen LogP contribution in [-0.4, -0.2) is 32.8 Å². The maximum Gasteiger partial charge on any atom is 0.243 e. The number of rotatable bonds is 4. The summed E-state index contributed by atoms with van der Waals surface area (Å²) in [4.78, 5) is 4.55. The molecule has 0 saturated carbocycles. The Hall–Kier alpha value is -1.62. The van der Waals surface area contributed by atoms with Crippen LogP contribution < -0.4 is 5.32 Å². The molecule has 1 atom stereocenters. The molecule has 1 fully saturated rings. The molecular weight excluding hydrogens is 264 g/mol. The SMILES string of the molecule is CCC1(CC)CC(Nc2nc3ccc(C)cn3n2)CCO1. The van der Waals surface area contributed by atoms with Gasteiger partial charge in [-0.2, -0.15) is 4.98 Å². The first-order valence-electron chi connectivity index (χ1n) is 7.87.